The van der Waals surface area contributed by atoms with Crippen LogP contribution in [0, 0.1) is 11.8 Å². The summed E-state index contributed by atoms with van der Waals surface area (Å²) in [6.45, 7) is 3.49. The molecular formula is C13H22N2O2S2. The first-order chi connectivity index (χ1) is 9.03. The van der Waals surface area contributed by atoms with E-state index < -0.39 is 10.0 Å². The SMILES string of the molecule is CNCc1cc(S(=O)(=O)NCC2CCCC2C)cs1. The molecule has 2 N–H and O–H groups in total. The van der Waals surface area contributed by atoms with E-state index in [1.54, 1.807) is 11.4 Å². The zero-order valence-corrected chi connectivity index (χ0v) is 13.1. The highest BCUT2D eigenvalue weighted by molar-refractivity contribution is 7.89. The minimum Gasteiger partial charge on any atom is -0.315 e. The minimum absolute atomic E-state index is 0.397. The van der Waals surface area contributed by atoms with Gasteiger partial charge in [0.1, 0.15) is 0 Å². The van der Waals surface area contributed by atoms with Crippen molar-refractivity contribution in [2.24, 2.45) is 11.8 Å². The third-order valence-corrected chi connectivity index (χ3v) is 6.35. The fourth-order valence-electron chi connectivity index (χ4n) is 2.59. The lowest BCUT2D eigenvalue weighted by Gasteiger charge is -2.15. The normalized spacial score (nSPS) is 23.9. The molecule has 1 aromatic rings. The van der Waals surface area contributed by atoms with E-state index >= 15 is 0 Å². The van der Waals surface area contributed by atoms with Crippen molar-refractivity contribution < 1.29 is 8.42 Å². The molecule has 1 aliphatic rings. The quantitative estimate of drug-likeness (QED) is 0.847. The molecule has 19 heavy (non-hydrogen) atoms. The average molecular weight is 302 g/mol. The lowest BCUT2D eigenvalue weighted by atomic mass is 9.99. The molecule has 4 nitrogen and oxygen atoms in total. The second kappa shape index (κ2) is 6.35. The largest absolute Gasteiger partial charge is 0.315 e. The molecule has 108 valence electrons. The van der Waals surface area contributed by atoms with E-state index in [-0.39, 0.29) is 0 Å². The number of rotatable bonds is 6. The molecule has 0 amide bonds. The summed E-state index contributed by atoms with van der Waals surface area (Å²) in [5.41, 5.74) is 0. The monoisotopic (exact) mass is 302 g/mol. The number of hydrogen-bond acceptors (Lipinski definition) is 4. The van der Waals surface area contributed by atoms with Gasteiger partial charge >= 0.3 is 0 Å². The summed E-state index contributed by atoms with van der Waals surface area (Å²) in [6.07, 6.45) is 3.58. The summed E-state index contributed by atoms with van der Waals surface area (Å²) >= 11 is 1.48. The highest BCUT2D eigenvalue weighted by Gasteiger charge is 2.25. The molecule has 1 heterocycles. The first kappa shape index (κ1) is 15.0. The summed E-state index contributed by atoms with van der Waals surface area (Å²) in [5.74, 6) is 1.12. The second-order valence-electron chi connectivity index (χ2n) is 5.30. The highest BCUT2D eigenvalue weighted by atomic mass is 32.2. The van der Waals surface area contributed by atoms with Gasteiger partial charge in [0.25, 0.3) is 0 Å². The van der Waals surface area contributed by atoms with Crippen molar-refractivity contribution >= 4 is 21.4 Å². The Balaban J connectivity index is 1.97. The molecule has 1 aliphatic carbocycles. The van der Waals surface area contributed by atoms with Gasteiger partial charge in [-0.25, -0.2) is 13.1 Å². The third-order valence-electron chi connectivity index (χ3n) is 3.87. The highest BCUT2D eigenvalue weighted by Crippen LogP contribution is 2.30. The lowest BCUT2D eigenvalue weighted by Crippen LogP contribution is -2.30. The molecule has 0 aromatic carbocycles. The molecule has 1 aromatic heterocycles. The summed E-state index contributed by atoms with van der Waals surface area (Å²) in [5, 5.41) is 4.74. The maximum atomic E-state index is 12.2. The zero-order valence-electron chi connectivity index (χ0n) is 11.5. The third kappa shape index (κ3) is 3.78. The minimum atomic E-state index is -3.34. The van der Waals surface area contributed by atoms with Crippen LogP contribution in [0.2, 0.25) is 0 Å². The number of sulfonamides is 1. The van der Waals surface area contributed by atoms with Crippen molar-refractivity contribution in [2.45, 2.75) is 37.6 Å². The van der Waals surface area contributed by atoms with E-state index in [0.29, 0.717) is 29.8 Å². The second-order valence-corrected chi connectivity index (χ2v) is 8.06. The van der Waals surface area contributed by atoms with Crippen molar-refractivity contribution in [1.82, 2.24) is 10.0 Å². The summed E-state index contributed by atoms with van der Waals surface area (Å²) in [6, 6.07) is 1.75. The molecule has 1 fully saturated rings. The van der Waals surface area contributed by atoms with Gasteiger partial charge in [0.15, 0.2) is 0 Å². The maximum Gasteiger partial charge on any atom is 0.241 e. The van der Waals surface area contributed by atoms with E-state index in [4.69, 9.17) is 0 Å². The number of thiophene rings is 1. The summed E-state index contributed by atoms with van der Waals surface area (Å²) < 4.78 is 27.1. The Labute approximate surface area is 119 Å². The van der Waals surface area contributed by atoms with Gasteiger partial charge in [-0.2, -0.15) is 0 Å². The van der Waals surface area contributed by atoms with Crippen LogP contribution < -0.4 is 10.0 Å². The molecule has 1 saturated carbocycles. The van der Waals surface area contributed by atoms with Gasteiger partial charge in [0.05, 0.1) is 4.90 Å². The van der Waals surface area contributed by atoms with Crippen LogP contribution in [0.4, 0.5) is 0 Å². The molecular weight excluding hydrogens is 280 g/mol. The van der Waals surface area contributed by atoms with Crippen molar-refractivity contribution in [3.63, 3.8) is 0 Å². The summed E-state index contributed by atoms with van der Waals surface area (Å²) in [7, 11) is -1.48. The van der Waals surface area contributed by atoms with Crippen molar-refractivity contribution in [3.8, 4) is 0 Å². The average Bonchev–Trinajstić information content (AvgIpc) is 2.97. The fourth-order valence-corrected chi connectivity index (χ4v) is 4.98. The molecule has 0 radical (unpaired) electrons. The van der Waals surface area contributed by atoms with E-state index in [1.807, 2.05) is 7.05 Å². The van der Waals surface area contributed by atoms with E-state index in [9.17, 15) is 8.42 Å². The molecule has 2 unspecified atom stereocenters. The van der Waals surface area contributed by atoms with Crippen molar-refractivity contribution in [2.75, 3.05) is 13.6 Å². The summed E-state index contributed by atoms with van der Waals surface area (Å²) in [4.78, 5) is 1.44. The first-order valence-electron chi connectivity index (χ1n) is 6.74. The van der Waals surface area contributed by atoms with Gasteiger partial charge in [-0.1, -0.05) is 19.8 Å². The molecule has 6 heteroatoms. The number of nitrogens with one attached hydrogen (secondary N) is 2. The predicted molar refractivity (Wildman–Crippen MR) is 78.8 cm³/mol. The zero-order chi connectivity index (χ0) is 13.9. The van der Waals surface area contributed by atoms with E-state index in [1.165, 1.54) is 24.2 Å². The molecule has 0 spiro atoms. The van der Waals surface area contributed by atoms with Gasteiger partial charge < -0.3 is 5.32 Å². The molecule has 0 bridgehead atoms. The Hall–Kier alpha value is -0.430. The van der Waals surface area contributed by atoms with Crippen molar-refractivity contribution in [1.29, 1.82) is 0 Å². The molecule has 0 saturated heterocycles. The number of hydrogen-bond donors (Lipinski definition) is 2. The Kier molecular flexibility index (Phi) is 5.00. The van der Waals surface area contributed by atoms with Gasteiger partial charge in [0.2, 0.25) is 10.0 Å². The van der Waals surface area contributed by atoms with Gasteiger partial charge in [-0.05, 0) is 31.4 Å². The predicted octanol–water partition coefficient (Wildman–Crippen LogP) is 2.18. The lowest BCUT2D eigenvalue weighted by molar-refractivity contribution is 0.414. The Bertz CT molecular complexity index is 510. The maximum absolute atomic E-state index is 12.2. The van der Waals surface area contributed by atoms with Crippen LogP contribution in [-0.4, -0.2) is 22.0 Å². The van der Waals surface area contributed by atoms with Gasteiger partial charge in [-0.3, -0.25) is 0 Å². The van der Waals surface area contributed by atoms with Crippen LogP contribution in [0.25, 0.3) is 0 Å². The van der Waals surface area contributed by atoms with Crippen LogP contribution in [-0.2, 0) is 16.6 Å². The van der Waals surface area contributed by atoms with Crippen LogP contribution in [0.1, 0.15) is 31.1 Å². The Morgan fingerprint density at radius 3 is 2.84 bits per heavy atom. The molecule has 2 rings (SSSR count). The van der Waals surface area contributed by atoms with E-state index in [2.05, 4.69) is 17.0 Å². The van der Waals surface area contributed by atoms with Crippen LogP contribution in [0.5, 0.6) is 0 Å². The van der Waals surface area contributed by atoms with Crippen molar-refractivity contribution in [3.05, 3.63) is 16.3 Å². The van der Waals surface area contributed by atoms with Gasteiger partial charge in [0, 0.05) is 23.3 Å². The Morgan fingerprint density at radius 1 is 1.42 bits per heavy atom. The molecule has 0 aliphatic heterocycles. The standard InChI is InChI=1S/C13H22N2O2S2/c1-10-4-3-5-11(10)7-15-19(16,17)13-6-12(8-14-2)18-9-13/h6,9-11,14-15H,3-5,7-8H2,1-2H3. The fraction of sp³-hybridized carbons (Fsp3) is 0.692. The topological polar surface area (TPSA) is 58.2 Å². The smallest absolute Gasteiger partial charge is 0.241 e. The van der Waals surface area contributed by atoms with Gasteiger partial charge in [-0.15, -0.1) is 11.3 Å². The first-order valence-corrected chi connectivity index (χ1v) is 9.11. The Morgan fingerprint density at radius 2 is 2.21 bits per heavy atom. The van der Waals surface area contributed by atoms with Crippen LogP contribution in [0.15, 0.2) is 16.3 Å². The molecule has 2 atom stereocenters. The van der Waals surface area contributed by atoms with E-state index in [0.717, 1.165) is 11.3 Å². The van der Waals surface area contributed by atoms with Crippen LogP contribution >= 0.6 is 11.3 Å². The van der Waals surface area contributed by atoms with Crippen LogP contribution in [0.3, 0.4) is 0 Å².